The number of likely N-dealkylation sites (tertiary alicyclic amines) is 1. The molecule has 4 aromatic rings. The molecule has 0 bridgehead atoms. The Morgan fingerprint density at radius 2 is 2.00 bits per heavy atom. The maximum Gasteiger partial charge on any atom is 0.408 e. The number of nitrogens with two attached hydrogens (primary N) is 1. The van der Waals surface area contributed by atoms with Crippen LogP contribution in [0.25, 0.3) is 28.1 Å². The van der Waals surface area contributed by atoms with Gasteiger partial charge in [-0.1, -0.05) is 12.1 Å². The van der Waals surface area contributed by atoms with E-state index in [4.69, 9.17) is 10.5 Å². The van der Waals surface area contributed by atoms with Gasteiger partial charge in [-0.05, 0) is 37.1 Å². The van der Waals surface area contributed by atoms with Crippen LogP contribution in [-0.2, 0) is 0 Å². The van der Waals surface area contributed by atoms with E-state index in [0.29, 0.717) is 35.3 Å². The lowest BCUT2D eigenvalue weighted by molar-refractivity contribution is -0.183. The van der Waals surface area contributed by atoms with Crippen molar-refractivity contribution in [2.45, 2.75) is 31.6 Å². The van der Waals surface area contributed by atoms with Crippen LogP contribution in [0.2, 0.25) is 0 Å². The first-order valence-electron chi connectivity index (χ1n) is 10.9. The van der Waals surface area contributed by atoms with Crippen molar-refractivity contribution >= 4 is 16.6 Å². The first-order chi connectivity index (χ1) is 16.2. The van der Waals surface area contributed by atoms with E-state index in [0.717, 1.165) is 0 Å². The normalized spacial score (nSPS) is 18.1. The van der Waals surface area contributed by atoms with Crippen molar-refractivity contribution in [3.63, 3.8) is 0 Å². The highest BCUT2D eigenvalue weighted by Crippen LogP contribution is 2.39. The van der Waals surface area contributed by atoms with E-state index < -0.39 is 18.0 Å². The fourth-order valence-corrected chi connectivity index (χ4v) is 4.42. The molecule has 5 rings (SSSR count). The summed E-state index contributed by atoms with van der Waals surface area (Å²) in [6.45, 7) is 2.48. The highest BCUT2D eigenvalue weighted by atomic mass is 19.4. The number of hydrogen-bond acceptors (Lipinski definition) is 6. The van der Waals surface area contributed by atoms with Gasteiger partial charge in [-0.25, -0.2) is 9.37 Å². The Bertz CT molecular complexity index is 1350. The summed E-state index contributed by atoms with van der Waals surface area (Å²) >= 11 is 0. The number of pyridine rings is 2. The van der Waals surface area contributed by atoms with Crippen LogP contribution in [-0.4, -0.2) is 56.4 Å². The van der Waals surface area contributed by atoms with Crippen LogP contribution in [0.15, 0.2) is 42.6 Å². The third-order valence-corrected chi connectivity index (χ3v) is 5.94. The lowest BCUT2D eigenvalue weighted by atomic mass is 10.1. The van der Waals surface area contributed by atoms with Gasteiger partial charge in [0.25, 0.3) is 0 Å². The van der Waals surface area contributed by atoms with Crippen molar-refractivity contribution in [1.82, 2.24) is 24.5 Å². The Kier molecular flexibility index (Phi) is 5.61. The van der Waals surface area contributed by atoms with Crippen LogP contribution in [0.5, 0.6) is 5.75 Å². The highest BCUT2D eigenvalue weighted by molar-refractivity contribution is 5.82. The maximum atomic E-state index is 14.2. The van der Waals surface area contributed by atoms with Crippen molar-refractivity contribution in [3.05, 3.63) is 54.0 Å². The Balaban J connectivity index is 1.59. The summed E-state index contributed by atoms with van der Waals surface area (Å²) in [6, 6.07) is 6.96. The number of nitrogens with zero attached hydrogens (tertiary/aromatic N) is 5. The van der Waals surface area contributed by atoms with Crippen molar-refractivity contribution in [2.75, 3.05) is 19.7 Å². The molecule has 1 fully saturated rings. The first-order valence-corrected chi connectivity index (χ1v) is 10.9. The molecule has 1 aliphatic heterocycles. The third kappa shape index (κ3) is 4.05. The minimum absolute atomic E-state index is 0.0663. The number of ether oxygens (including phenoxy) is 1. The van der Waals surface area contributed by atoms with E-state index in [-0.39, 0.29) is 36.3 Å². The number of hydrogen-bond donors (Lipinski definition) is 1. The van der Waals surface area contributed by atoms with Crippen molar-refractivity contribution < 1.29 is 22.3 Å². The van der Waals surface area contributed by atoms with E-state index in [2.05, 4.69) is 15.2 Å². The summed E-state index contributed by atoms with van der Waals surface area (Å²) in [5.74, 6) is -0.147. The molecular weight excluding hydrogens is 452 g/mol. The summed E-state index contributed by atoms with van der Waals surface area (Å²) in [6.07, 6.45) is -2.57. The molecule has 34 heavy (non-hydrogen) atoms. The molecule has 1 aliphatic rings. The van der Waals surface area contributed by atoms with Crippen LogP contribution < -0.4 is 10.5 Å². The third-order valence-electron chi connectivity index (χ3n) is 5.94. The van der Waals surface area contributed by atoms with Gasteiger partial charge in [0.2, 0.25) is 0 Å². The monoisotopic (exact) mass is 474 g/mol. The zero-order chi connectivity index (χ0) is 24.0. The second-order valence-electron chi connectivity index (χ2n) is 8.31. The summed E-state index contributed by atoms with van der Waals surface area (Å²) < 4.78 is 63.2. The van der Waals surface area contributed by atoms with E-state index in [1.807, 2.05) is 0 Å². The standard InChI is InChI=1S/C23H22F4N6O/c1-2-34-19-10-18-13(9-16(19)24)3-5-17(29-18)22-31-30-20-6-4-14(11-33(20)22)21(23(25,26)27)32-8-7-15(28)12-32/h3-6,9-11,15,21H,2,7-8,12,28H2,1H3/t15?,21-/m0/s1. The average molecular weight is 474 g/mol. The molecule has 178 valence electrons. The van der Waals surface area contributed by atoms with Crippen LogP contribution in [0.1, 0.15) is 24.9 Å². The molecule has 7 nitrogen and oxygen atoms in total. The van der Waals surface area contributed by atoms with Gasteiger partial charge in [0.15, 0.2) is 23.0 Å². The van der Waals surface area contributed by atoms with E-state index >= 15 is 0 Å². The molecule has 0 aliphatic carbocycles. The highest BCUT2D eigenvalue weighted by Gasteiger charge is 2.46. The molecule has 1 unspecified atom stereocenters. The predicted octanol–water partition coefficient (Wildman–Crippen LogP) is 4.12. The SMILES string of the molecule is CCOc1cc2nc(-c3nnc4ccc([C@H](N5CCC(N)C5)C(F)(F)F)cn34)ccc2cc1F. The fourth-order valence-electron chi connectivity index (χ4n) is 4.42. The zero-order valence-corrected chi connectivity index (χ0v) is 18.3. The predicted molar refractivity (Wildman–Crippen MR) is 118 cm³/mol. The minimum Gasteiger partial charge on any atom is -0.491 e. The Labute approximate surface area is 192 Å². The Hall–Kier alpha value is -3.31. The maximum absolute atomic E-state index is 14.2. The summed E-state index contributed by atoms with van der Waals surface area (Å²) in [4.78, 5) is 5.90. The molecule has 1 aromatic carbocycles. The molecule has 0 spiro atoms. The van der Waals surface area contributed by atoms with Crippen LogP contribution in [0.4, 0.5) is 17.6 Å². The van der Waals surface area contributed by atoms with Gasteiger partial charge in [-0.2, -0.15) is 13.2 Å². The molecule has 4 heterocycles. The minimum atomic E-state index is -4.48. The molecule has 0 saturated carbocycles. The number of halogens is 4. The molecule has 11 heteroatoms. The van der Waals surface area contributed by atoms with Gasteiger partial charge >= 0.3 is 6.18 Å². The second kappa shape index (κ2) is 8.48. The Morgan fingerprint density at radius 1 is 1.18 bits per heavy atom. The zero-order valence-electron chi connectivity index (χ0n) is 18.3. The van der Waals surface area contributed by atoms with E-state index in [1.54, 1.807) is 19.1 Å². The molecule has 0 amide bonds. The van der Waals surface area contributed by atoms with Gasteiger partial charge in [0.1, 0.15) is 11.7 Å². The number of alkyl halides is 3. The number of rotatable bonds is 5. The summed E-state index contributed by atoms with van der Waals surface area (Å²) in [7, 11) is 0. The summed E-state index contributed by atoms with van der Waals surface area (Å²) in [5, 5.41) is 8.79. The number of aromatic nitrogens is 4. The van der Waals surface area contributed by atoms with Gasteiger partial charge in [-0.15, -0.1) is 10.2 Å². The topological polar surface area (TPSA) is 81.6 Å². The van der Waals surface area contributed by atoms with Crippen LogP contribution >= 0.6 is 0 Å². The fraction of sp³-hybridized carbons (Fsp3) is 0.348. The Morgan fingerprint density at radius 3 is 2.71 bits per heavy atom. The molecule has 2 N–H and O–H groups in total. The van der Waals surface area contributed by atoms with Gasteiger partial charge in [-0.3, -0.25) is 9.30 Å². The first kappa shape index (κ1) is 22.5. The molecule has 0 radical (unpaired) electrons. The van der Waals surface area contributed by atoms with Gasteiger partial charge in [0, 0.05) is 36.8 Å². The van der Waals surface area contributed by atoms with Gasteiger partial charge in [0.05, 0.1) is 12.1 Å². The van der Waals surface area contributed by atoms with Crippen LogP contribution in [0.3, 0.4) is 0 Å². The second-order valence-corrected chi connectivity index (χ2v) is 8.31. The van der Waals surface area contributed by atoms with E-state index in [9.17, 15) is 17.6 Å². The molecular formula is C23H22F4N6O. The average Bonchev–Trinajstić information content (AvgIpc) is 3.39. The van der Waals surface area contributed by atoms with Crippen molar-refractivity contribution in [3.8, 4) is 17.3 Å². The number of benzene rings is 1. The van der Waals surface area contributed by atoms with Crippen molar-refractivity contribution in [2.24, 2.45) is 5.73 Å². The number of fused-ring (bicyclic) bond motifs is 2. The van der Waals surface area contributed by atoms with Crippen LogP contribution in [0, 0.1) is 5.82 Å². The largest absolute Gasteiger partial charge is 0.491 e. The van der Waals surface area contributed by atoms with E-state index in [1.165, 1.54) is 39.8 Å². The smallest absolute Gasteiger partial charge is 0.408 e. The van der Waals surface area contributed by atoms with Crippen molar-refractivity contribution in [1.29, 1.82) is 0 Å². The van der Waals surface area contributed by atoms with Gasteiger partial charge < -0.3 is 10.5 Å². The quantitative estimate of drug-likeness (QED) is 0.439. The summed E-state index contributed by atoms with van der Waals surface area (Å²) in [5.41, 5.74) is 7.17. The lowest BCUT2D eigenvalue weighted by Crippen LogP contribution is -2.38. The molecule has 2 atom stereocenters. The molecule has 3 aromatic heterocycles. The lowest BCUT2D eigenvalue weighted by Gasteiger charge is -2.30. The molecule has 1 saturated heterocycles.